The number of benzene rings is 2. The van der Waals surface area contributed by atoms with Gasteiger partial charge in [-0.15, -0.1) is 0 Å². The highest BCUT2D eigenvalue weighted by molar-refractivity contribution is 7.90. The molecule has 0 saturated heterocycles. The van der Waals surface area contributed by atoms with Gasteiger partial charge in [0.1, 0.15) is 5.75 Å². The molecule has 0 saturated carbocycles. The van der Waals surface area contributed by atoms with Gasteiger partial charge in [0.05, 0.1) is 17.6 Å². The summed E-state index contributed by atoms with van der Waals surface area (Å²) in [6.07, 6.45) is 1.09. The minimum atomic E-state index is -3.36. The van der Waals surface area contributed by atoms with Crippen molar-refractivity contribution in [3.05, 3.63) is 54.1 Å². The van der Waals surface area contributed by atoms with E-state index in [9.17, 15) is 18.0 Å². The number of ether oxygens (including phenoxy) is 2. The largest absolute Gasteiger partial charge is 0.484 e. The molecule has 2 aromatic carbocycles. The Labute approximate surface area is 145 Å². The van der Waals surface area contributed by atoms with E-state index in [1.165, 1.54) is 31.4 Å². The van der Waals surface area contributed by atoms with Crippen molar-refractivity contribution >= 4 is 27.4 Å². The summed E-state index contributed by atoms with van der Waals surface area (Å²) in [4.78, 5) is 23.5. The second kappa shape index (κ2) is 7.80. The number of esters is 1. The highest BCUT2D eigenvalue weighted by atomic mass is 32.2. The normalized spacial score (nSPS) is 10.8. The quantitative estimate of drug-likeness (QED) is 0.787. The maximum absolute atomic E-state index is 11.9. The van der Waals surface area contributed by atoms with E-state index in [1.807, 2.05) is 0 Å². The molecule has 0 bridgehead atoms. The molecule has 1 amide bonds. The molecule has 132 valence electrons. The number of sulfone groups is 1. The number of methoxy groups -OCH3 is 1. The maximum Gasteiger partial charge on any atom is 0.337 e. The monoisotopic (exact) mass is 363 g/mol. The van der Waals surface area contributed by atoms with Crippen LogP contribution in [0.15, 0.2) is 53.4 Å². The van der Waals surface area contributed by atoms with Crippen molar-refractivity contribution in [1.29, 1.82) is 0 Å². The van der Waals surface area contributed by atoms with Gasteiger partial charge in [-0.25, -0.2) is 13.2 Å². The Bertz CT molecular complexity index is 892. The summed E-state index contributed by atoms with van der Waals surface area (Å²) in [6, 6.07) is 12.2. The summed E-state index contributed by atoms with van der Waals surface area (Å²) in [5.41, 5.74) is 0.654. The average molecular weight is 363 g/mol. The smallest absolute Gasteiger partial charge is 0.337 e. The number of hydrogen-bond donors (Lipinski definition) is 1. The van der Waals surface area contributed by atoms with Gasteiger partial charge in [0.15, 0.2) is 16.4 Å². The first-order valence-corrected chi connectivity index (χ1v) is 9.10. The van der Waals surface area contributed by atoms with Gasteiger partial charge in [-0.1, -0.05) is 12.1 Å². The van der Waals surface area contributed by atoms with E-state index in [2.05, 4.69) is 10.1 Å². The SMILES string of the molecule is COC(=O)c1cccc(OCC(=O)Nc2cccc(S(C)(=O)=O)c2)c1. The van der Waals surface area contributed by atoms with Gasteiger partial charge in [-0.3, -0.25) is 4.79 Å². The van der Waals surface area contributed by atoms with E-state index in [-0.39, 0.29) is 11.5 Å². The molecule has 0 aromatic heterocycles. The summed E-state index contributed by atoms with van der Waals surface area (Å²) < 4.78 is 33.0. The third-order valence-corrected chi connectivity index (χ3v) is 4.28. The van der Waals surface area contributed by atoms with Crippen LogP contribution >= 0.6 is 0 Å². The summed E-state index contributed by atoms with van der Waals surface area (Å²) >= 11 is 0. The number of nitrogens with one attached hydrogen (secondary N) is 1. The van der Waals surface area contributed by atoms with Gasteiger partial charge in [0.2, 0.25) is 0 Å². The molecule has 0 aliphatic heterocycles. The van der Waals surface area contributed by atoms with E-state index in [0.717, 1.165) is 6.26 Å². The van der Waals surface area contributed by atoms with Gasteiger partial charge >= 0.3 is 5.97 Å². The number of carbonyl (C=O) groups excluding carboxylic acids is 2. The van der Waals surface area contributed by atoms with E-state index in [0.29, 0.717) is 17.0 Å². The van der Waals surface area contributed by atoms with Crippen molar-refractivity contribution in [3.63, 3.8) is 0 Å². The molecule has 0 spiro atoms. The van der Waals surface area contributed by atoms with Crippen molar-refractivity contribution < 1.29 is 27.5 Å². The van der Waals surface area contributed by atoms with Crippen LogP contribution in [0, 0.1) is 0 Å². The van der Waals surface area contributed by atoms with E-state index in [4.69, 9.17) is 4.74 Å². The highest BCUT2D eigenvalue weighted by Gasteiger charge is 2.10. The molecule has 8 heteroatoms. The topological polar surface area (TPSA) is 98.8 Å². The van der Waals surface area contributed by atoms with Crippen molar-refractivity contribution in [3.8, 4) is 5.75 Å². The van der Waals surface area contributed by atoms with Crippen molar-refractivity contribution in [1.82, 2.24) is 0 Å². The Morgan fingerprint density at radius 3 is 2.48 bits per heavy atom. The fourth-order valence-corrected chi connectivity index (χ4v) is 2.65. The lowest BCUT2D eigenvalue weighted by Crippen LogP contribution is -2.20. The average Bonchev–Trinajstić information content (AvgIpc) is 2.59. The number of amides is 1. The first-order valence-electron chi connectivity index (χ1n) is 7.21. The predicted molar refractivity (Wildman–Crippen MR) is 91.5 cm³/mol. The predicted octanol–water partition coefficient (Wildman–Crippen LogP) is 1.89. The van der Waals surface area contributed by atoms with Gasteiger partial charge in [-0.05, 0) is 36.4 Å². The zero-order valence-electron chi connectivity index (χ0n) is 13.7. The summed E-state index contributed by atoms with van der Waals surface area (Å²) in [5.74, 6) is -0.635. The molecule has 0 atom stereocenters. The Balaban J connectivity index is 1.99. The molecule has 0 unspecified atom stereocenters. The molecule has 1 N–H and O–H groups in total. The molecular weight excluding hydrogens is 346 g/mol. The van der Waals surface area contributed by atoms with E-state index >= 15 is 0 Å². The first-order chi connectivity index (χ1) is 11.8. The fraction of sp³-hybridized carbons (Fsp3) is 0.176. The molecule has 0 fully saturated rings. The van der Waals surface area contributed by atoms with Crippen LogP contribution in [0.25, 0.3) is 0 Å². The molecule has 25 heavy (non-hydrogen) atoms. The van der Waals surface area contributed by atoms with Crippen LogP contribution in [0.2, 0.25) is 0 Å². The third-order valence-electron chi connectivity index (χ3n) is 3.17. The van der Waals surface area contributed by atoms with Crippen LogP contribution in [-0.2, 0) is 19.4 Å². The van der Waals surface area contributed by atoms with Crippen LogP contribution in [-0.4, -0.2) is 40.3 Å². The molecule has 2 rings (SSSR count). The van der Waals surface area contributed by atoms with Crippen LogP contribution in [0.5, 0.6) is 5.75 Å². The maximum atomic E-state index is 11.9. The Kier molecular flexibility index (Phi) is 5.76. The van der Waals surface area contributed by atoms with Crippen molar-refractivity contribution in [2.75, 3.05) is 25.3 Å². The minimum Gasteiger partial charge on any atom is -0.484 e. The Morgan fingerprint density at radius 1 is 1.08 bits per heavy atom. The number of carbonyl (C=O) groups is 2. The zero-order valence-corrected chi connectivity index (χ0v) is 14.5. The molecule has 0 radical (unpaired) electrons. The second-order valence-corrected chi connectivity index (χ2v) is 7.17. The molecule has 0 aliphatic carbocycles. The van der Waals surface area contributed by atoms with Gasteiger partial charge in [0.25, 0.3) is 5.91 Å². The lowest BCUT2D eigenvalue weighted by molar-refractivity contribution is -0.118. The number of anilines is 1. The minimum absolute atomic E-state index is 0.108. The van der Waals surface area contributed by atoms with Crippen LogP contribution in [0.1, 0.15) is 10.4 Å². The third kappa shape index (κ3) is 5.32. The lowest BCUT2D eigenvalue weighted by atomic mass is 10.2. The number of hydrogen-bond acceptors (Lipinski definition) is 6. The van der Waals surface area contributed by atoms with Gasteiger partial charge in [-0.2, -0.15) is 0 Å². The second-order valence-electron chi connectivity index (χ2n) is 5.16. The Hall–Kier alpha value is -2.87. The first kappa shape index (κ1) is 18.5. The molecule has 0 aliphatic rings. The molecule has 7 nitrogen and oxygen atoms in total. The van der Waals surface area contributed by atoms with Crippen LogP contribution in [0.3, 0.4) is 0 Å². The van der Waals surface area contributed by atoms with Gasteiger partial charge < -0.3 is 14.8 Å². The van der Waals surface area contributed by atoms with Gasteiger partial charge in [0, 0.05) is 11.9 Å². The van der Waals surface area contributed by atoms with Crippen LogP contribution < -0.4 is 10.1 Å². The molecule has 2 aromatic rings. The summed E-state index contributed by atoms with van der Waals surface area (Å²) in [5, 5.41) is 2.55. The highest BCUT2D eigenvalue weighted by Crippen LogP contribution is 2.16. The summed E-state index contributed by atoms with van der Waals surface area (Å²) in [7, 11) is -2.09. The fourth-order valence-electron chi connectivity index (χ4n) is 1.98. The van der Waals surface area contributed by atoms with Crippen molar-refractivity contribution in [2.24, 2.45) is 0 Å². The molecule has 0 heterocycles. The standard InChI is InChI=1S/C17H17NO6S/c1-23-17(20)12-5-3-7-14(9-12)24-11-16(19)18-13-6-4-8-15(10-13)25(2,21)22/h3-10H,11H2,1-2H3,(H,18,19). The zero-order chi connectivity index (χ0) is 18.4. The Morgan fingerprint density at radius 2 is 1.80 bits per heavy atom. The van der Waals surface area contributed by atoms with E-state index < -0.39 is 21.7 Å². The molecular formula is C17H17NO6S. The number of rotatable bonds is 6. The van der Waals surface area contributed by atoms with E-state index in [1.54, 1.807) is 24.3 Å². The van der Waals surface area contributed by atoms with Crippen LogP contribution in [0.4, 0.5) is 5.69 Å². The lowest BCUT2D eigenvalue weighted by Gasteiger charge is -2.09. The summed E-state index contributed by atoms with van der Waals surface area (Å²) in [6.45, 7) is -0.298. The van der Waals surface area contributed by atoms with Crippen molar-refractivity contribution in [2.45, 2.75) is 4.90 Å².